The number of nitrogens with one attached hydrogen (secondary N) is 1. The second kappa shape index (κ2) is 5.56. The Bertz CT molecular complexity index is 637. The minimum atomic E-state index is 0.490. The van der Waals surface area contributed by atoms with Crippen molar-refractivity contribution in [2.24, 2.45) is 0 Å². The molecule has 1 N–H and O–H groups in total. The van der Waals surface area contributed by atoms with E-state index >= 15 is 0 Å². The minimum absolute atomic E-state index is 0.490. The highest BCUT2D eigenvalue weighted by Crippen LogP contribution is 2.38. The normalized spacial score (nSPS) is 20.8. The highest BCUT2D eigenvalue weighted by atomic mass is 35.5. The molecule has 0 unspecified atom stereocenters. The van der Waals surface area contributed by atoms with E-state index in [4.69, 9.17) is 16.9 Å². The van der Waals surface area contributed by atoms with Crippen LogP contribution in [-0.4, -0.2) is 6.04 Å². The maximum absolute atomic E-state index is 8.89. The van der Waals surface area contributed by atoms with Crippen molar-refractivity contribution in [1.29, 1.82) is 5.26 Å². The summed E-state index contributed by atoms with van der Waals surface area (Å²) in [7, 11) is 0. The molecule has 0 heterocycles. The Hall–Kier alpha value is -1.98. The summed E-state index contributed by atoms with van der Waals surface area (Å²) < 4.78 is 0. The Labute approximate surface area is 124 Å². The van der Waals surface area contributed by atoms with Gasteiger partial charge in [0.25, 0.3) is 0 Å². The van der Waals surface area contributed by atoms with Gasteiger partial charge in [0.05, 0.1) is 11.6 Å². The van der Waals surface area contributed by atoms with Gasteiger partial charge in [-0.05, 0) is 54.7 Å². The van der Waals surface area contributed by atoms with Crippen LogP contribution in [0.3, 0.4) is 0 Å². The average Bonchev–Trinajstić information content (AvgIpc) is 2.44. The first-order chi connectivity index (χ1) is 9.74. The van der Waals surface area contributed by atoms with E-state index in [0.717, 1.165) is 23.6 Å². The third-order valence-corrected chi connectivity index (χ3v) is 4.09. The average molecular weight is 283 g/mol. The van der Waals surface area contributed by atoms with E-state index in [-0.39, 0.29) is 0 Å². The molecule has 0 aliphatic heterocycles. The fourth-order valence-corrected chi connectivity index (χ4v) is 2.78. The number of rotatable bonds is 3. The topological polar surface area (TPSA) is 35.8 Å². The minimum Gasteiger partial charge on any atom is -0.382 e. The van der Waals surface area contributed by atoms with E-state index in [1.54, 1.807) is 0 Å². The first-order valence-corrected chi connectivity index (χ1v) is 7.14. The maximum Gasteiger partial charge on any atom is 0.0992 e. The molecular weight excluding hydrogens is 268 g/mol. The lowest BCUT2D eigenvalue weighted by Crippen LogP contribution is -2.33. The molecule has 2 aromatic rings. The molecule has 2 aromatic carbocycles. The van der Waals surface area contributed by atoms with Crippen molar-refractivity contribution in [1.82, 2.24) is 0 Å². The van der Waals surface area contributed by atoms with Crippen LogP contribution in [0.15, 0.2) is 48.5 Å². The summed E-state index contributed by atoms with van der Waals surface area (Å²) in [5.41, 5.74) is 3.09. The summed E-state index contributed by atoms with van der Waals surface area (Å²) in [6.45, 7) is 0. The molecule has 3 heteroatoms. The zero-order chi connectivity index (χ0) is 13.9. The van der Waals surface area contributed by atoms with Gasteiger partial charge in [0.2, 0.25) is 0 Å². The van der Waals surface area contributed by atoms with Crippen LogP contribution in [0.4, 0.5) is 5.69 Å². The summed E-state index contributed by atoms with van der Waals surface area (Å²) in [4.78, 5) is 0. The number of nitriles is 1. The van der Waals surface area contributed by atoms with Gasteiger partial charge in [-0.15, -0.1) is 0 Å². The van der Waals surface area contributed by atoms with Crippen molar-refractivity contribution in [3.63, 3.8) is 0 Å². The van der Waals surface area contributed by atoms with Gasteiger partial charge < -0.3 is 5.32 Å². The second-order valence-corrected chi connectivity index (χ2v) is 5.69. The SMILES string of the molecule is N#Cc1cccc(NC2CC(c3ccc(Cl)cc3)C2)c1. The molecule has 0 amide bonds. The standard InChI is InChI=1S/C17H15ClN2/c18-15-6-4-13(5-7-15)14-9-17(10-14)20-16-3-1-2-12(8-16)11-19/h1-8,14,17,20H,9-10H2. The molecule has 0 bridgehead atoms. The zero-order valence-corrected chi connectivity index (χ0v) is 11.8. The molecule has 1 aliphatic rings. The number of halogens is 1. The smallest absolute Gasteiger partial charge is 0.0992 e. The van der Waals surface area contributed by atoms with Crippen molar-refractivity contribution in [2.75, 3.05) is 5.32 Å². The fraction of sp³-hybridized carbons (Fsp3) is 0.235. The lowest BCUT2D eigenvalue weighted by Gasteiger charge is -2.37. The summed E-state index contributed by atoms with van der Waals surface area (Å²) >= 11 is 5.90. The third kappa shape index (κ3) is 2.79. The highest BCUT2D eigenvalue weighted by molar-refractivity contribution is 6.30. The summed E-state index contributed by atoms with van der Waals surface area (Å²) in [5.74, 6) is 0.615. The molecule has 1 fully saturated rings. The van der Waals surface area contributed by atoms with Crippen LogP contribution in [0.1, 0.15) is 29.9 Å². The second-order valence-electron chi connectivity index (χ2n) is 5.25. The van der Waals surface area contributed by atoms with Crippen LogP contribution in [0.5, 0.6) is 0 Å². The number of hydrogen-bond donors (Lipinski definition) is 1. The zero-order valence-electron chi connectivity index (χ0n) is 11.0. The molecule has 3 rings (SSSR count). The van der Waals surface area contributed by atoms with E-state index in [9.17, 15) is 0 Å². The number of anilines is 1. The number of hydrogen-bond acceptors (Lipinski definition) is 2. The Balaban J connectivity index is 1.58. The summed E-state index contributed by atoms with van der Waals surface area (Å²) in [6.07, 6.45) is 2.25. The van der Waals surface area contributed by atoms with E-state index in [0.29, 0.717) is 17.5 Å². The van der Waals surface area contributed by atoms with Crippen LogP contribution < -0.4 is 5.32 Å². The Morgan fingerprint density at radius 2 is 1.85 bits per heavy atom. The quantitative estimate of drug-likeness (QED) is 0.895. The van der Waals surface area contributed by atoms with Crippen LogP contribution in [0.25, 0.3) is 0 Å². The number of nitrogens with zero attached hydrogens (tertiary/aromatic N) is 1. The molecule has 100 valence electrons. The van der Waals surface area contributed by atoms with Gasteiger partial charge in [-0.25, -0.2) is 0 Å². The van der Waals surface area contributed by atoms with Gasteiger partial charge >= 0.3 is 0 Å². The van der Waals surface area contributed by atoms with Crippen molar-refractivity contribution in [2.45, 2.75) is 24.8 Å². The van der Waals surface area contributed by atoms with Gasteiger partial charge in [-0.3, -0.25) is 0 Å². The monoisotopic (exact) mass is 282 g/mol. The molecule has 1 aliphatic carbocycles. The first kappa shape index (κ1) is 13.0. The van der Waals surface area contributed by atoms with Gasteiger partial charge in [0.15, 0.2) is 0 Å². The van der Waals surface area contributed by atoms with Gasteiger partial charge in [0, 0.05) is 16.8 Å². The molecule has 0 aromatic heterocycles. The van der Waals surface area contributed by atoms with Gasteiger partial charge in [-0.1, -0.05) is 29.8 Å². The van der Waals surface area contributed by atoms with Crippen LogP contribution in [0.2, 0.25) is 5.02 Å². The van der Waals surface area contributed by atoms with E-state index in [1.165, 1.54) is 5.56 Å². The van der Waals surface area contributed by atoms with Crippen molar-refractivity contribution in [3.05, 3.63) is 64.7 Å². The molecule has 20 heavy (non-hydrogen) atoms. The first-order valence-electron chi connectivity index (χ1n) is 6.77. The molecule has 2 nitrogen and oxygen atoms in total. The van der Waals surface area contributed by atoms with Gasteiger partial charge in [-0.2, -0.15) is 5.26 Å². The van der Waals surface area contributed by atoms with E-state index < -0.39 is 0 Å². The Morgan fingerprint density at radius 3 is 2.55 bits per heavy atom. The molecule has 0 radical (unpaired) electrons. The third-order valence-electron chi connectivity index (χ3n) is 3.84. The van der Waals surface area contributed by atoms with Gasteiger partial charge in [0.1, 0.15) is 0 Å². The molecule has 0 atom stereocenters. The predicted molar refractivity (Wildman–Crippen MR) is 82.0 cm³/mol. The van der Waals surface area contributed by atoms with Crippen molar-refractivity contribution < 1.29 is 0 Å². The van der Waals surface area contributed by atoms with Crippen LogP contribution in [-0.2, 0) is 0 Å². The summed E-state index contributed by atoms with van der Waals surface area (Å²) in [5, 5.41) is 13.2. The maximum atomic E-state index is 8.89. The van der Waals surface area contributed by atoms with Crippen LogP contribution in [0, 0.1) is 11.3 Å². The van der Waals surface area contributed by atoms with E-state index in [2.05, 4.69) is 23.5 Å². The molecular formula is C17H15ClN2. The van der Waals surface area contributed by atoms with Crippen molar-refractivity contribution >= 4 is 17.3 Å². The van der Waals surface area contributed by atoms with Crippen molar-refractivity contribution in [3.8, 4) is 6.07 Å². The summed E-state index contributed by atoms with van der Waals surface area (Å²) in [6, 6.07) is 18.4. The lowest BCUT2D eigenvalue weighted by atomic mass is 9.76. The lowest BCUT2D eigenvalue weighted by molar-refractivity contribution is 0.374. The Morgan fingerprint density at radius 1 is 1.10 bits per heavy atom. The molecule has 0 spiro atoms. The highest BCUT2D eigenvalue weighted by Gasteiger charge is 2.30. The molecule has 0 saturated heterocycles. The predicted octanol–water partition coefficient (Wildman–Crippen LogP) is 4.57. The van der Waals surface area contributed by atoms with Crippen LogP contribution >= 0.6 is 11.6 Å². The largest absolute Gasteiger partial charge is 0.382 e. The van der Waals surface area contributed by atoms with E-state index in [1.807, 2.05) is 36.4 Å². The molecule has 1 saturated carbocycles. The number of benzene rings is 2. The fourth-order valence-electron chi connectivity index (χ4n) is 2.66. The Kier molecular flexibility index (Phi) is 3.62.